The van der Waals surface area contributed by atoms with Crippen LogP contribution in [0.4, 0.5) is 0 Å². The number of hydrogen-bond donors (Lipinski definition) is 1. The van der Waals surface area contributed by atoms with Crippen LogP contribution in [-0.2, 0) is 0 Å². The van der Waals surface area contributed by atoms with Crippen molar-refractivity contribution < 1.29 is 5.11 Å². The van der Waals surface area contributed by atoms with Crippen molar-refractivity contribution in [3.05, 3.63) is 48.3 Å². The molecule has 1 aromatic carbocycles. The summed E-state index contributed by atoms with van der Waals surface area (Å²) in [5, 5.41) is 15.0. The van der Waals surface area contributed by atoms with Crippen LogP contribution >= 0.6 is 0 Å². The topological polar surface area (TPSA) is 38.1 Å². The van der Waals surface area contributed by atoms with Crippen LogP contribution < -0.4 is 0 Å². The third-order valence-electron chi connectivity index (χ3n) is 3.88. The van der Waals surface area contributed by atoms with Crippen molar-refractivity contribution in [2.75, 3.05) is 0 Å². The molecule has 0 aliphatic heterocycles. The van der Waals surface area contributed by atoms with E-state index in [0.717, 1.165) is 30.6 Å². The molecule has 2 rings (SSSR count). The number of para-hydroxylation sites is 1. The average Bonchev–Trinajstić information content (AvgIpc) is 2.98. The molecule has 0 spiro atoms. The molecular weight excluding hydrogens is 248 g/mol. The molecule has 0 saturated carbocycles. The molecular formula is C17H24N2O. The molecule has 0 fully saturated rings. The van der Waals surface area contributed by atoms with Crippen molar-refractivity contribution in [1.82, 2.24) is 9.78 Å². The summed E-state index contributed by atoms with van der Waals surface area (Å²) in [5.74, 6) is 0.300. The van der Waals surface area contributed by atoms with E-state index in [1.54, 1.807) is 6.20 Å². The summed E-state index contributed by atoms with van der Waals surface area (Å²) >= 11 is 0. The van der Waals surface area contributed by atoms with Crippen molar-refractivity contribution in [3.63, 3.8) is 0 Å². The number of benzene rings is 1. The lowest BCUT2D eigenvalue weighted by molar-refractivity contribution is 0.0926. The molecule has 0 radical (unpaired) electrons. The molecule has 0 amide bonds. The van der Waals surface area contributed by atoms with Crippen LogP contribution in [0.1, 0.15) is 51.3 Å². The fourth-order valence-electron chi connectivity index (χ4n) is 2.62. The molecule has 108 valence electrons. The standard InChI is InChI=1S/C17H24N2O/c1-3-5-9-14(4-2)17(20)16-12-13-18-19(16)15-10-7-6-8-11-15/h6-8,10-14,17,20H,3-5,9H2,1-2H3. The summed E-state index contributed by atoms with van der Waals surface area (Å²) in [6.07, 6.45) is 5.69. The summed E-state index contributed by atoms with van der Waals surface area (Å²) in [6, 6.07) is 11.9. The number of aromatic nitrogens is 2. The van der Waals surface area contributed by atoms with Crippen molar-refractivity contribution in [2.45, 2.75) is 45.6 Å². The Morgan fingerprint density at radius 3 is 2.55 bits per heavy atom. The first-order valence-electron chi connectivity index (χ1n) is 7.55. The Morgan fingerprint density at radius 2 is 1.90 bits per heavy atom. The predicted molar refractivity (Wildman–Crippen MR) is 81.8 cm³/mol. The molecule has 2 atom stereocenters. The number of aliphatic hydroxyl groups is 1. The molecule has 0 bridgehead atoms. The fourth-order valence-corrected chi connectivity index (χ4v) is 2.62. The van der Waals surface area contributed by atoms with Crippen LogP contribution in [-0.4, -0.2) is 14.9 Å². The first-order chi connectivity index (χ1) is 9.77. The summed E-state index contributed by atoms with van der Waals surface area (Å²) in [6.45, 7) is 4.33. The lowest BCUT2D eigenvalue weighted by atomic mass is 9.91. The Hall–Kier alpha value is -1.61. The van der Waals surface area contributed by atoms with Crippen LogP contribution in [0.5, 0.6) is 0 Å². The third kappa shape index (κ3) is 3.28. The zero-order valence-corrected chi connectivity index (χ0v) is 12.4. The van der Waals surface area contributed by atoms with Crippen LogP contribution in [0.3, 0.4) is 0 Å². The van der Waals surface area contributed by atoms with Crippen molar-refractivity contribution in [2.24, 2.45) is 5.92 Å². The molecule has 0 aliphatic rings. The Kier molecular flexibility index (Phi) is 5.36. The molecule has 3 heteroatoms. The molecule has 0 saturated heterocycles. The van der Waals surface area contributed by atoms with Gasteiger partial charge in [-0.1, -0.05) is 51.3 Å². The second-order valence-corrected chi connectivity index (χ2v) is 5.26. The second kappa shape index (κ2) is 7.25. The van der Waals surface area contributed by atoms with Gasteiger partial charge in [-0.2, -0.15) is 5.10 Å². The van der Waals surface area contributed by atoms with Crippen LogP contribution in [0.15, 0.2) is 42.6 Å². The van der Waals surface area contributed by atoms with Crippen molar-refractivity contribution in [1.29, 1.82) is 0 Å². The van der Waals surface area contributed by atoms with Gasteiger partial charge in [-0.3, -0.25) is 0 Å². The quantitative estimate of drug-likeness (QED) is 0.823. The Balaban J connectivity index is 2.22. The molecule has 1 heterocycles. The summed E-state index contributed by atoms with van der Waals surface area (Å²) < 4.78 is 1.85. The first-order valence-corrected chi connectivity index (χ1v) is 7.55. The zero-order chi connectivity index (χ0) is 14.4. The van der Waals surface area contributed by atoms with E-state index in [0.29, 0.717) is 5.92 Å². The monoisotopic (exact) mass is 272 g/mol. The second-order valence-electron chi connectivity index (χ2n) is 5.26. The van der Waals surface area contributed by atoms with Crippen molar-refractivity contribution in [3.8, 4) is 5.69 Å². The maximum atomic E-state index is 10.7. The van der Waals surface area contributed by atoms with Gasteiger partial charge < -0.3 is 5.11 Å². The Bertz CT molecular complexity index is 507. The predicted octanol–water partition coefficient (Wildman–Crippen LogP) is 4.12. The van der Waals surface area contributed by atoms with Gasteiger partial charge in [0.2, 0.25) is 0 Å². The van der Waals surface area contributed by atoms with Gasteiger partial charge in [0.05, 0.1) is 17.5 Å². The smallest absolute Gasteiger partial charge is 0.0989 e. The maximum Gasteiger partial charge on any atom is 0.0989 e. The minimum Gasteiger partial charge on any atom is -0.387 e. The fraction of sp³-hybridized carbons (Fsp3) is 0.471. The Labute approximate surface area is 121 Å². The molecule has 0 aliphatic carbocycles. The molecule has 2 unspecified atom stereocenters. The maximum absolute atomic E-state index is 10.7. The number of hydrogen-bond acceptors (Lipinski definition) is 2. The molecule has 1 N–H and O–H groups in total. The van der Waals surface area contributed by atoms with E-state index in [9.17, 15) is 5.11 Å². The first kappa shape index (κ1) is 14.8. The molecule has 3 nitrogen and oxygen atoms in total. The summed E-state index contributed by atoms with van der Waals surface area (Å²) in [4.78, 5) is 0. The molecule has 1 aromatic heterocycles. The number of unbranched alkanes of at least 4 members (excludes halogenated alkanes) is 1. The van der Waals surface area contributed by atoms with Gasteiger partial charge in [0.15, 0.2) is 0 Å². The van der Waals surface area contributed by atoms with E-state index >= 15 is 0 Å². The number of rotatable bonds is 7. The van der Waals surface area contributed by atoms with Gasteiger partial charge in [-0.25, -0.2) is 4.68 Å². The minimum atomic E-state index is -0.450. The van der Waals surface area contributed by atoms with E-state index in [1.807, 2.05) is 41.1 Å². The number of aliphatic hydroxyl groups excluding tert-OH is 1. The van der Waals surface area contributed by atoms with E-state index in [-0.39, 0.29) is 0 Å². The summed E-state index contributed by atoms with van der Waals surface area (Å²) in [5.41, 5.74) is 1.89. The van der Waals surface area contributed by atoms with Crippen LogP contribution in [0.25, 0.3) is 5.69 Å². The van der Waals surface area contributed by atoms with Crippen LogP contribution in [0, 0.1) is 5.92 Å². The lowest BCUT2D eigenvalue weighted by Gasteiger charge is -2.22. The average molecular weight is 272 g/mol. The lowest BCUT2D eigenvalue weighted by Crippen LogP contribution is -2.16. The van der Waals surface area contributed by atoms with Gasteiger partial charge in [0, 0.05) is 6.20 Å². The highest BCUT2D eigenvalue weighted by Crippen LogP contribution is 2.29. The highest BCUT2D eigenvalue weighted by atomic mass is 16.3. The van der Waals surface area contributed by atoms with E-state index in [1.165, 1.54) is 6.42 Å². The Morgan fingerprint density at radius 1 is 1.15 bits per heavy atom. The highest BCUT2D eigenvalue weighted by Gasteiger charge is 2.22. The van der Waals surface area contributed by atoms with Crippen LogP contribution in [0.2, 0.25) is 0 Å². The van der Waals surface area contributed by atoms with Gasteiger partial charge >= 0.3 is 0 Å². The highest BCUT2D eigenvalue weighted by molar-refractivity contribution is 5.32. The van der Waals surface area contributed by atoms with Gasteiger partial charge in [0.1, 0.15) is 0 Å². The van der Waals surface area contributed by atoms with Crippen molar-refractivity contribution >= 4 is 0 Å². The number of nitrogens with zero attached hydrogens (tertiary/aromatic N) is 2. The van der Waals surface area contributed by atoms with E-state index in [2.05, 4.69) is 18.9 Å². The molecule has 20 heavy (non-hydrogen) atoms. The van der Waals surface area contributed by atoms with Gasteiger partial charge in [-0.15, -0.1) is 0 Å². The minimum absolute atomic E-state index is 0.300. The third-order valence-corrected chi connectivity index (χ3v) is 3.88. The normalized spacial score (nSPS) is 14.2. The van der Waals surface area contributed by atoms with E-state index in [4.69, 9.17) is 0 Å². The largest absolute Gasteiger partial charge is 0.387 e. The van der Waals surface area contributed by atoms with E-state index < -0.39 is 6.10 Å². The van der Waals surface area contributed by atoms with Gasteiger partial charge in [0.25, 0.3) is 0 Å². The zero-order valence-electron chi connectivity index (χ0n) is 12.4. The molecule has 2 aromatic rings. The SMILES string of the molecule is CCCCC(CC)C(O)c1ccnn1-c1ccccc1. The van der Waals surface area contributed by atoms with Gasteiger partial charge in [-0.05, 0) is 30.5 Å². The summed E-state index contributed by atoms with van der Waals surface area (Å²) in [7, 11) is 0.